The summed E-state index contributed by atoms with van der Waals surface area (Å²) in [7, 11) is 0. The molecule has 0 aliphatic heterocycles. The minimum Gasteiger partial charge on any atom is -0.237 e. The Kier molecular flexibility index (Phi) is 3.31. The molecular weight excluding hydrogens is 287 g/mol. The highest BCUT2D eigenvalue weighted by Crippen LogP contribution is 2.30. The standard InChI is InChI=1S/C20H13FN2/c21-16-8-5-14(6-9-16)13-23-20-19-10-7-15-3-1-2-4-17(15)18(19)11-12-22-20/h1-13H. The minimum atomic E-state index is -0.253. The van der Waals surface area contributed by atoms with E-state index in [0.717, 1.165) is 16.3 Å². The van der Waals surface area contributed by atoms with E-state index in [4.69, 9.17) is 0 Å². The van der Waals surface area contributed by atoms with E-state index in [0.29, 0.717) is 5.82 Å². The van der Waals surface area contributed by atoms with Crippen LogP contribution >= 0.6 is 0 Å². The first-order valence-electron chi connectivity index (χ1n) is 7.37. The van der Waals surface area contributed by atoms with Gasteiger partial charge in [-0.1, -0.05) is 42.5 Å². The van der Waals surface area contributed by atoms with Crippen molar-refractivity contribution in [1.29, 1.82) is 0 Å². The quantitative estimate of drug-likeness (QED) is 0.365. The van der Waals surface area contributed by atoms with Crippen LogP contribution < -0.4 is 0 Å². The molecule has 0 N–H and O–H groups in total. The molecule has 110 valence electrons. The van der Waals surface area contributed by atoms with Crippen molar-refractivity contribution in [1.82, 2.24) is 4.98 Å². The lowest BCUT2D eigenvalue weighted by atomic mass is 10.0. The topological polar surface area (TPSA) is 25.2 Å². The SMILES string of the molecule is Fc1ccc(C=Nc2nccc3c2ccc2ccccc23)cc1. The van der Waals surface area contributed by atoms with E-state index in [1.165, 1.54) is 22.9 Å². The van der Waals surface area contributed by atoms with Gasteiger partial charge in [0.2, 0.25) is 0 Å². The Balaban J connectivity index is 1.84. The lowest BCUT2D eigenvalue weighted by molar-refractivity contribution is 0.628. The van der Waals surface area contributed by atoms with Gasteiger partial charge in [-0.2, -0.15) is 0 Å². The molecule has 3 heteroatoms. The molecule has 2 nitrogen and oxygen atoms in total. The molecule has 0 spiro atoms. The molecule has 3 aromatic carbocycles. The monoisotopic (exact) mass is 300 g/mol. The Morgan fingerprint density at radius 2 is 1.61 bits per heavy atom. The van der Waals surface area contributed by atoms with Gasteiger partial charge in [-0.05, 0) is 46.0 Å². The maximum Gasteiger partial charge on any atom is 0.159 e. The number of rotatable bonds is 2. The third-order valence-electron chi connectivity index (χ3n) is 3.86. The zero-order valence-corrected chi connectivity index (χ0v) is 12.3. The molecule has 0 unspecified atom stereocenters. The highest BCUT2D eigenvalue weighted by Gasteiger charge is 2.04. The largest absolute Gasteiger partial charge is 0.237 e. The van der Waals surface area contributed by atoms with Crippen molar-refractivity contribution >= 4 is 33.6 Å². The van der Waals surface area contributed by atoms with Crippen LogP contribution in [-0.2, 0) is 0 Å². The summed E-state index contributed by atoms with van der Waals surface area (Å²) in [6.45, 7) is 0. The fraction of sp³-hybridized carbons (Fsp3) is 0. The van der Waals surface area contributed by atoms with E-state index in [-0.39, 0.29) is 5.82 Å². The van der Waals surface area contributed by atoms with Crippen LogP contribution in [0.3, 0.4) is 0 Å². The Morgan fingerprint density at radius 3 is 2.48 bits per heavy atom. The van der Waals surface area contributed by atoms with Gasteiger partial charge in [0.25, 0.3) is 0 Å². The van der Waals surface area contributed by atoms with E-state index >= 15 is 0 Å². The second-order valence-electron chi connectivity index (χ2n) is 5.33. The number of hydrogen-bond donors (Lipinski definition) is 0. The van der Waals surface area contributed by atoms with Crippen LogP contribution in [0, 0.1) is 5.82 Å². The number of fused-ring (bicyclic) bond motifs is 3. The molecule has 0 fully saturated rings. The molecule has 1 aromatic heterocycles. The fourth-order valence-corrected chi connectivity index (χ4v) is 2.71. The zero-order chi connectivity index (χ0) is 15.6. The van der Waals surface area contributed by atoms with Crippen molar-refractivity contribution in [3.63, 3.8) is 0 Å². The second-order valence-corrected chi connectivity index (χ2v) is 5.33. The van der Waals surface area contributed by atoms with Gasteiger partial charge < -0.3 is 0 Å². The van der Waals surface area contributed by atoms with Crippen molar-refractivity contribution in [3.05, 3.63) is 84.3 Å². The van der Waals surface area contributed by atoms with Crippen LogP contribution in [0.25, 0.3) is 21.5 Å². The van der Waals surface area contributed by atoms with Crippen molar-refractivity contribution < 1.29 is 4.39 Å². The Hall–Kier alpha value is -3.07. The fourth-order valence-electron chi connectivity index (χ4n) is 2.71. The van der Waals surface area contributed by atoms with Crippen molar-refractivity contribution in [2.75, 3.05) is 0 Å². The number of aromatic nitrogens is 1. The van der Waals surface area contributed by atoms with Gasteiger partial charge in [-0.3, -0.25) is 0 Å². The first-order valence-corrected chi connectivity index (χ1v) is 7.37. The van der Waals surface area contributed by atoms with Crippen LogP contribution in [0.1, 0.15) is 5.56 Å². The second kappa shape index (κ2) is 5.61. The van der Waals surface area contributed by atoms with E-state index in [1.807, 2.05) is 24.3 Å². The predicted molar refractivity (Wildman–Crippen MR) is 92.9 cm³/mol. The summed E-state index contributed by atoms with van der Waals surface area (Å²) in [5, 5.41) is 4.51. The van der Waals surface area contributed by atoms with E-state index in [1.54, 1.807) is 24.5 Å². The summed E-state index contributed by atoms with van der Waals surface area (Å²) < 4.78 is 12.9. The molecule has 23 heavy (non-hydrogen) atoms. The van der Waals surface area contributed by atoms with Gasteiger partial charge >= 0.3 is 0 Å². The third-order valence-corrected chi connectivity index (χ3v) is 3.86. The van der Waals surface area contributed by atoms with Crippen LogP contribution in [-0.4, -0.2) is 11.2 Å². The van der Waals surface area contributed by atoms with Gasteiger partial charge in [-0.15, -0.1) is 0 Å². The lowest BCUT2D eigenvalue weighted by Crippen LogP contribution is -1.84. The number of aliphatic imine (C=N–C) groups is 1. The third kappa shape index (κ3) is 2.57. The first kappa shape index (κ1) is 13.6. The maximum atomic E-state index is 12.9. The molecule has 0 saturated heterocycles. The molecule has 0 bridgehead atoms. The molecule has 0 amide bonds. The Bertz CT molecular complexity index is 1020. The summed E-state index contributed by atoms with van der Waals surface area (Å²) in [5.41, 5.74) is 0.839. The van der Waals surface area contributed by atoms with Gasteiger partial charge in [0.05, 0.1) is 0 Å². The Morgan fingerprint density at radius 1 is 0.783 bits per heavy atom. The molecule has 0 aliphatic rings. The van der Waals surface area contributed by atoms with Crippen LogP contribution in [0.15, 0.2) is 77.9 Å². The first-order chi connectivity index (χ1) is 11.3. The molecule has 0 radical (unpaired) electrons. The van der Waals surface area contributed by atoms with Gasteiger partial charge in [0, 0.05) is 17.8 Å². The van der Waals surface area contributed by atoms with Crippen LogP contribution in [0.5, 0.6) is 0 Å². The minimum absolute atomic E-state index is 0.253. The summed E-state index contributed by atoms with van der Waals surface area (Å²) in [6.07, 6.45) is 3.47. The molecular formula is C20H13FN2. The predicted octanol–water partition coefficient (Wildman–Crippen LogP) is 5.28. The highest BCUT2D eigenvalue weighted by atomic mass is 19.1. The number of benzene rings is 3. The number of hydrogen-bond acceptors (Lipinski definition) is 2. The van der Waals surface area contributed by atoms with Crippen molar-refractivity contribution in [3.8, 4) is 0 Å². The molecule has 0 aliphatic carbocycles. The van der Waals surface area contributed by atoms with Gasteiger partial charge in [0.15, 0.2) is 5.82 Å². The van der Waals surface area contributed by atoms with E-state index in [2.05, 4.69) is 28.2 Å². The molecule has 4 rings (SSSR count). The molecule has 0 atom stereocenters. The number of nitrogens with zero attached hydrogens (tertiary/aromatic N) is 2. The van der Waals surface area contributed by atoms with Crippen LogP contribution in [0.4, 0.5) is 10.2 Å². The van der Waals surface area contributed by atoms with E-state index < -0.39 is 0 Å². The number of pyridine rings is 1. The van der Waals surface area contributed by atoms with E-state index in [9.17, 15) is 4.39 Å². The normalized spacial score (nSPS) is 11.5. The summed E-state index contributed by atoms with van der Waals surface area (Å²) >= 11 is 0. The van der Waals surface area contributed by atoms with Crippen molar-refractivity contribution in [2.24, 2.45) is 4.99 Å². The zero-order valence-electron chi connectivity index (χ0n) is 12.3. The van der Waals surface area contributed by atoms with Gasteiger partial charge in [-0.25, -0.2) is 14.4 Å². The lowest BCUT2D eigenvalue weighted by Gasteiger charge is -2.05. The summed E-state index contributed by atoms with van der Waals surface area (Å²) in [4.78, 5) is 8.86. The molecule has 1 heterocycles. The van der Waals surface area contributed by atoms with Crippen molar-refractivity contribution in [2.45, 2.75) is 0 Å². The average molecular weight is 300 g/mol. The maximum absolute atomic E-state index is 12.9. The summed E-state index contributed by atoms with van der Waals surface area (Å²) in [5.74, 6) is 0.412. The van der Waals surface area contributed by atoms with Crippen LogP contribution in [0.2, 0.25) is 0 Å². The molecule has 0 saturated carbocycles. The van der Waals surface area contributed by atoms with Gasteiger partial charge in [0.1, 0.15) is 5.82 Å². The highest BCUT2D eigenvalue weighted by molar-refractivity contribution is 6.10. The number of halogens is 1. The smallest absolute Gasteiger partial charge is 0.159 e. The Labute approximate surface area is 132 Å². The molecule has 4 aromatic rings. The summed E-state index contributed by atoms with van der Waals surface area (Å²) in [6, 6.07) is 20.6. The average Bonchev–Trinajstić information content (AvgIpc) is 2.61.